The topological polar surface area (TPSA) is 59.6 Å². The number of nitrogens with one attached hydrogen (secondary N) is 2. The van der Waals surface area contributed by atoms with Gasteiger partial charge in [-0.1, -0.05) is 6.92 Å². The Bertz CT molecular complexity index is 433. The van der Waals surface area contributed by atoms with Gasteiger partial charge in [0.2, 0.25) is 5.91 Å². The van der Waals surface area contributed by atoms with E-state index in [1.54, 1.807) is 0 Å². The van der Waals surface area contributed by atoms with E-state index in [-0.39, 0.29) is 30.5 Å². The van der Waals surface area contributed by atoms with Crippen LogP contribution in [-0.2, 0) is 9.53 Å². The summed E-state index contributed by atoms with van der Waals surface area (Å²) in [5.41, 5.74) is 0.763. The van der Waals surface area contributed by atoms with Crippen molar-refractivity contribution in [1.82, 2.24) is 5.32 Å². The lowest BCUT2D eigenvalue weighted by molar-refractivity contribution is -0.120. The Morgan fingerprint density at radius 3 is 2.76 bits per heavy atom. The monoisotopic (exact) mass is 314 g/mol. The van der Waals surface area contributed by atoms with Gasteiger partial charge in [-0.25, -0.2) is 0 Å². The van der Waals surface area contributed by atoms with Crippen molar-refractivity contribution in [2.24, 2.45) is 0 Å². The fourth-order valence-electron chi connectivity index (χ4n) is 1.90. The number of rotatable bonds is 5. The molecule has 1 aromatic rings. The molecule has 2 atom stereocenters. The van der Waals surface area contributed by atoms with Gasteiger partial charge in [0.15, 0.2) is 0 Å². The number of morpholine rings is 1. The third kappa shape index (κ3) is 5.53. The molecule has 2 N–H and O–H groups in total. The van der Waals surface area contributed by atoms with Gasteiger partial charge in [0.05, 0.1) is 19.3 Å². The molecule has 0 saturated carbocycles. The molecule has 5 nitrogen and oxygen atoms in total. The number of ether oxygens (including phenoxy) is 2. The van der Waals surface area contributed by atoms with Crippen LogP contribution in [0.25, 0.3) is 0 Å². The number of carbonyl (C=O) groups excluding carboxylic acids is 1. The van der Waals surface area contributed by atoms with Crippen LogP contribution in [0.1, 0.15) is 20.3 Å². The minimum atomic E-state index is -0.278. The second kappa shape index (κ2) is 8.87. The van der Waals surface area contributed by atoms with Gasteiger partial charge in [-0.2, -0.15) is 0 Å². The maximum atomic E-state index is 12.0. The predicted octanol–water partition coefficient (Wildman–Crippen LogP) is 2.21. The number of amides is 1. The standard InChI is InChI=1S/C15H22N2O3.ClH/c1-3-11(2)20-13-6-4-12(5-7-13)17-15(18)14-10-19-9-8-16-14;/h4-7,11,14,16H,3,8-10H2,1-2H3,(H,17,18);1H. The van der Waals surface area contributed by atoms with E-state index in [0.29, 0.717) is 19.8 Å². The zero-order chi connectivity index (χ0) is 14.4. The normalized spacial score (nSPS) is 19.2. The molecule has 1 aromatic carbocycles. The molecule has 0 bridgehead atoms. The quantitative estimate of drug-likeness (QED) is 0.875. The SMILES string of the molecule is CCC(C)Oc1ccc(NC(=O)C2COCCN2)cc1.Cl. The highest BCUT2D eigenvalue weighted by atomic mass is 35.5. The first-order valence-electron chi connectivity index (χ1n) is 7.07. The second-order valence-electron chi connectivity index (χ2n) is 4.93. The molecular formula is C15H23ClN2O3. The summed E-state index contributed by atoms with van der Waals surface area (Å²) < 4.78 is 11.0. The fourth-order valence-corrected chi connectivity index (χ4v) is 1.90. The van der Waals surface area contributed by atoms with E-state index in [4.69, 9.17) is 9.47 Å². The summed E-state index contributed by atoms with van der Waals surface area (Å²) in [6, 6.07) is 7.15. The van der Waals surface area contributed by atoms with Crippen LogP contribution in [-0.4, -0.2) is 37.8 Å². The fraction of sp³-hybridized carbons (Fsp3) is 0.533. The Balaban J connectivity index is 0.00000220. The third-order valence-corrected chi connectivity index (χ3v) is 3.27. The lowest BCUT2D eigenvalue weighted by atomic mass is 10.2. The Morgan fingerprint density at radius 1 is 1.48 bits per heavy atom. The molecule has 1 heterocycles. The number of benzene rings is 1. The molecule has 6 heteroatoms. The van der Waals surface area contributed by atoms with Crippen molar-refractivity contribution in [3.63, 3.8) is 0 Å². The van der Waals surface area contributed by atoms with Crippen molar-refractivity contribution >= 4 is 24.0 Å². The first kappa shape index (κ1) is 17.8. The van der Waals surface area contributed by atoms with Gasteiger partial charge in [0.1, 0.15) is 11.8 Å². The van der Waals surface area contributed by atoms with E-state index in [0.717, 1.165) is 17.9 Å². The minimum absolute atomic E-state index is 0. The van der Waals surface area contributed by atoms with Crippen LogP contribution >= 0.6 is 12.4 Å². The van der Waals surface area contributed by atoms with Crippen LogP contribution in [0.5, 0.6) is 5.75 Å². The van der Waals surface area contributed by atoms with Gasteiger partial charge in [0, 0.05) is 12.2 Å². The van der Waals surface area contributed by atoms with Gasteiger partial charge in [-0.05, 0) is 37.6 Å². The second-order valence-corrected chi connectivity index (χ2v) is 4.93. The van der Waals surface area contributed by atoms with Gasteiger partial charge in [0.25, 0.3) is 0 Å². The van der Waals surface area contributed by atoms with Gasteiger partial charge in [-0.15, -0.1) is 12.4 Å². The molecule has 2 rings (SSSR count). The van der Waals surface area contributed by atoms with Gasteiger partial charge in [-0.3, -0.25) is 4.79 Å². The van der Waals surface area contributed by atoms with Crippen molar-refractivity contribution in [2.45, 2.75) is 32.4 Å². The van der Waals surface area contributed by atoms with Crippen molar-refractivity contribution in [2.75, 3.05) is 25.1 Å². The molecule has 0 spiro atoms. The summed E-state index contributed by atoms with van der Waals surface area (Å²) >= 11 is 0. The maximum absolute atomic E-state index is 12.0. The van der Waals surface area contributed by atoms with E-state index in [1.807, 2.05) is 31.2 Å². The molecule has 1 aliphatic heterocycles. The average molecular weight is 315 g/mol. The first-order valence-corrected chi connectivity index (χ1v) is 7.07. The largest absolute Gasteiger partial charge is 0.491 e. The summed E-state index contributed by atoms with van der Waals surface area (Å²) in [5.74, 6) is 0.747. The highest BCUT2D eigenvalue weighted by Crippen LogP contribution is 2.17. The summed E-state index contributed by atoms with van der Waals surface area (Å²) in [6.45, 7) is 5.90. The first-order chi connectivity index (χ1) is 9.69. The number of hydrogen-bond donors (Lipinski definition) is 2. The van der Waals surface area contributed by atoms with Gasteiger partial charge < -0.3 is 20.1 Å². The van der Waals surface area contributed by atoms with Crippen LogP contribution in [0.4, 0.5) is 5.69 Å². The van der Waals surface area contributed by atoms with E-state index in [1.165, 1.54) is 0 Å². The van der Waals surface area contributed by atoms with E-state index < -0.39 is 0 Å². The summed E-state index contributed by atoms with van der Waals surface area (Å²) in [6.07, 6.45) is 1.16. The Kier molecular flexibility index (Phi) is 7.50. The summed E-state index contributed by atoms with van der Waals surface area (Å²) in [7, 11) is 0. The van der Waals surface area contributed by atoms with E-state index >= 15 is 0 Å². The van der Waals surface area contributed by atoms with Gasteiger partial charge >= 0.3 is 0 Å². The lowest BCUT2D eigenvalue weighted by Gasteiger charge is -2.23. The molecule has 0 radical (unpaired) electrons. The minimum Gasteiger partial charge on any atom is -0.491 e. The molecule has 0 aromatic heterocycles. The smallest absolute Gasteiger partial charge is 0.243 e. The Morgan fingerprint density at radius 2 is 2.19 bits per heavy atom. The van der Waals surface area contributed by atoms with Crippen LogP contribution in [0, 0.1) is 0 Å². The van der Waals surface area contributed by atoms with Crippen LogP contribution < -0.4 is 15.4 Å². The maximum Gasteiger partial charge on any atom is 0.243 e. The summed E-state index contributed by atoms with van der Waals surface area (Å²) in [4.78, 5) is 12.0. The molecule has 1 saturated heterocycles. The zero-order valence-corrected chi connectivity index (χ0v) is 13.2. The van der Waals surface area contributed by atoms with Crippen LogP contribution in [0.15, 0.2) is 24.3 Å². The molecule has 1 fully saturated rings. The highest BCUT2D eigenvalue weighted by molar-refractivity contribution is 5.95. The lowest BCUT2D eigenvalue weighted by Crippen LogP contribution is -2.48. The Labute approximate surface area is 131 Å². The van der Waals surface area contributed by atoms with Crippen molar-refractivity contribution in [3.8, 4) is 5.75 Å². The van der Waals surface area contributed by atoms with E-state index in [2.05, 4.69) is 17.6 Å². The van der Waals surface area contributed by atoms with Crippen molar-refractivity contribution < 1.29 is 14.3 Å². The molecule has 2 unspecified atom stereocenters. The number of carbonyl (C=O) groups is 1. The van der Waals surface area contributed by atoms with Crippen molar-refractivity contribution in [1.29, 1.82) is 0 Å². The number of halogens is 1. The van der Waals surface area contributed by atoms with Crippen molar-refractivity contribution in [3.05, 3.63) is 24.3 Å². The summed E-state index contributed by atoms with van der Waals surface area (Å²) in [5, 5.41) is 5.99. The highest BCUT2D eigenvalue weighted by Gasteiger charge is 2.20. The van der Waals surface area contributed by atoms with E-state index in [9.17, 15) is 4.79 Å². The predicted molar refractivity (Wildman–Crippen MR) is 85.3 cm³/mol. The molecule has 118 valence electrons. The molecule has 1 amide bonds. The third-order valence-electron chi connectivity index (χ3n) is 3.27. The number of hydrogen-bond acceptors (Lipinski definition) is 4. The number of anilines is 1. The zero-order valence-electron chi connectivity index (χ0n) is 12.4. The van der Waals surface area contributed by atoms with Crippen LogP contribution in [0.2, 0.25) is 0 Å². The average Bonchev–Trinajstić information content (AvgIpc) is 2.50. The molecule has 0 aliphatic carbocycles. The molecule has 1 aliphatic rings. The van der Waals surface area contributed by atoms with Crippen LogP contribution in [0.3, 0.4) is 0 Å². The molecular weight excluding hydrogens is 292 g/mol. The molecule has 21 heavy (non-hydrogen) atoms. The Hall–Kier alpha value is -1.30.